The van der Waals surface area contributed by atoms with E-state index < -0.39 is 6.10 Å². The van der Waals surface area contributed by atoms with Gasteiger partial charge in [-0.05, 0) is 83.5 Å². The zero-order chi connectivity index (χ0) is 55.7. The Morgan fingerprint density at radius 1 is 0.260 bits per heavy atom. The molecule has 0 aromatic carbocycles. The standard InChI is InChI=1S/C71H130O6/c1-4-7-10-13-16-19-22-24-26-28-29-30-31-32-33-34-35-36-37-38-39-40-41-43-44-46-49-52-55-58-61-64-70(73)76-67-68(66-75-69(72)63-60-57-54-51-48-21-18-15-12-9-6-3)77-71(74)65-62-59-56-53-50-47-45-42-27-25-23-20-17-14-11-8-5-2/h22,24-25,27-29,31-32,68H,4-21,23,26,30,33-67H2,1-3H3/b24-22-,27-25-,29-28-,32-31-. The van der Waals surface area contributed by atoms with Gasteiger partial charge in [-0.25, -0.2) is 0 Å². The lowest BCUT2D eigenvalue weighted by Crippen LogP contribution is -2.30. The highest BCUT2D eigenvalue weighted by Crippen LogP contribution is 2.18. The number of rotatable bonds is 63. The van der Waals surface area contributed by atoms with Gasteiger partial charge in [-0.2, -0.15) is 0 Å². The fourth-order valence-corrected chi connectivity index (χ4v) is 10.2. The number of carbonyl (C=O) groups excluding carboxylic acids is 3. The monoisotopic (exact) mass is 1080 g/mol. The van der Waals surface area contributed by atoms with Gasteiger partial charge in [0.15, 0.2) is 6.10 Å². The Balaban J connectivity index is 4.13. The van der Waals surface area contributed by atoms with E-state index in [9.17, 15) is 14.4 Å². The molecule has 1 atom stereocenters. The quantitative estimate of drug-likeness (QED) is 0.0261. The lowest BCUT2D eigenvalue weighted by Gasteiger charge is -2.18. The zero-order valence-corrected chi connectivity index (χ0v) is 51.7. The highest BCUT2D eigenvalue weighted by molar-refractivity contribution is 5.71. The summed E-state index contributed by atoms with van der Waals surface area (Å²) < 4.78 is 16.9. The third-order valence-electron chi connectivity index (χ3n) is 15.3. The molecule has 6 heteroatoms. The van der Waals surface area contributed by atoms with Crippen molar-refractivity contribution in [2.24, 2.45) is 0 Å². The van der Waals surface area contributed by atoms with E-state index >= 15 is 0 Å². The molecule has 450 valence electrons. The van der Waals surface area contributed by atoms with E-state index in [1.54, 1.807) is 0 Å². The summed E-state index contributed by atoms with van der Waals surface area (Å²) in [6.45, 7) is 6.67. The summed E-state index contributed by atoms with van der Waals surface area (Å²) in [5, 5.41) is 0. The summed E-state index contributed by atoms with van der Waals surface area (Å²) in [7, 11) is 0. The van der Waals surface area contributed by atoms with Gasteiger partial charge in [0.2, 0.25) is 0 Å². The van der Waals surface area contributed by atoms with Gasteiger partial charge in [0.05, 0.1) is 0 Å². The number of ether oxygens (including phenoxy) is 3. The largest absolute Gasteiger partial charge is 0.462 e. The molecule has 0 aliphatic carbocycles. The molecular formula is C71H130O6. The molecule has 0 rings (SSSR count). The molecular weight excluding hydrogens is 949 g/mol. The summed E-state index contributed by atoms with van der Waals surface area (Å²) in [5.41, 5.74) is 0. The topological polar surface area (TPSA) is 78.9 Å². The van der Waals surface area contributed by atoms with Gasteiger partial charge in [-0.3, -0.25) is 14.4 Å². The van der Waals surface area contributed by atoms with Crippen LogP contribution in [0.4, 0.5) is 0 Å². The second-order valence-corrected chi connectivity index (χ2v) is 23.1. The summed E-state index contributed by atoms with van der Waals surface area (Å²) in [6, 6.07) is 0. The van der Waals surface area contributed by atoms with Crippen LogP contribution in [0.5, 0.6) is 0 Å². The number of hydrogen-bond donors (Lipinski definition) is 0. The van der Waals surface area contributed by atoms with Crippen molar-refractivity contribution in [3.05, 3.63) is 48.6 Å². The van der Waals surface area contributed by atoms with Crippen molar-refractivity contribution in [2.75, 3.05) is 13.2 Å². The van der Waals surface area contributed by atoms with E-state index in [-0.39, 0.29) is 31.1 Å². The van der Waals surface area contributed by atoms with Gasteiger partial charge in [0.1, 0.15) is 13.2 Å². The van der Waals surface area contributed by atoms with Crippen molar-refractivity contribution in [1.29, 1.82) is 0 Å². The number of allylic oxidation sites excluding steroid dienone is 8. The van der Waals surface area contributed by atoms with E-state index in [0.29, 0.717) is 19.3 Å². The van der Waals surface area contributed by atoms with Crippen LogP contribution < -0.4 is 0 Å². The van der Waals surface area contributed by atoms with Crippen LogP contribution in [0.3, 0.4) is 0 Å². The van der Waals surface area contributed by atoms with Gasteiger partial charge in [0.25, 0.3) is 0 Å². The van der Waals surface area contributed by atoms with Crippen molar-refractivity contribution in [3.8, 4) is 0 Å². The maximum Gasteiger partial charge on any atom is 0.306 e. The fraction of sp³-hybridized carbons (Fsp3) is 0.845. The third-order valence-corrected chi connectivity index (χ3v) is 15.3. The summed E-state index contributed by atoms with van der Waals surface area (Å²) in [4.78, 5) is 38.3. The summed E-state index contributed by atoms with van der Waals surface area (Å²) in [5.74, 6) is -0.853. The van der Waals surface area contributed by atoms with Crippen molar-refractivity contribution < 1.29 is 28.6 Å². The van der Waals surface area contributed by atoms with Gasteiger partial charge in [0, 0.05) is 19.3 Å². The van der Waals surface area contributed by atoms with Crippen LogP contribution in [-0.2, 0) is 28.6 Å². The maximum atomic E-state index is 12.9. The minimum Gasteiger partial charge on any atom is -0.462 e. The molecule has 0 fully saturated rings. The molecule has 0 amide bonds. The Labute approximate surface area is 479 Å². The van der Waals surface area contributed by atoms with Crippen molar-refractivity contribution in [2.45, 2.75) is 374 Å². The molecule has 1 unspecified atom stereocenters. The Bertz CT molecular complexity index is 1330. The van der Waals surface area contributed by atoms with Gasteiger partial charge >= 0.3 is 17.9 Å². The number of esters is 3. The molecule has 0 heterocycles. The average molecular weight is 1080 g/mol. The van der Waals surface area contributed by atoms with E-state index in [1.807, 2.05) is 0 Å². The SMILES string of the molecule is CCCCCCC/C=C\C/C=C\C/C=C\CCCCCCCCCCCCCCCCCCC(=O)OCC(COC(=O)CCCCCCCCCCCCC)OC(=O)CCCCCCCCC/C=C\CCCCCCCC. The first kappa shape index (κ1) is 74.4. The minimum absolute atomic E-state index is 0.0698. The molecule has 0 saturated heterocycles. The van der Waals surface area contributed by atoms with Crippen molar-refractivity contribution in [1.82, 2.24) is 0 Å². The maximum absolute atomic E-state index is 12.9. The number of carbonyl (C=O) groups is 3. The van der Waals surface area contributed by atoms with E-state index in [0.717, 1.165) is 70.6 Å². The van der Waals surface area contributed by atoms with Crippen molar-refractivity contribution >= 4 is 17.9 Å². The molecule has 0 radical (unpaired) electrons. The predicted octanol–water partition coefficient (Wildman–Crippen LogP) is 23.3. The van der Waals surface area contributed by atoms with Crippen LogP contribution in [0, 0.1) is 0 Å². The molecule has 0 aliphatic heterocycles. The number of unbranched alkanes of at least 4 members (excludes halogenated alkanes) is 44. The molecule has 0 aromatic rings. The smallest absolute Gasteiger partial charge is 0.306 e. The minimum atomic E-state index is -0.772. The van der Waals surface area contributed by atoms with Crippen LogP contribution in [0.1, 0.15) is 367 Å². The molecule has 0 aromatic heterocycles. The van der Waals surface area contributed by atoms with Crippen LogP contribution in [0.2, 0.25) is 0 Å². The predicted molar refractivity (Wildman–Crippen MR) is 335 cm³/mol. The van der Waals surface area contributed by atoms with Crippen LogP contribution in [0.25, 0.3) is 0 Å². The lowest BCUT2D eigenvalue weighted by atomic mass is 10.0. The Morgan fingerprint density at radius 3 is 0.740 bits per heavy atom. The van der Waals surface area contributed by atoms with Crippen LogP contribution >= 0.6 is 0 Å². The summed E-state index contributed by atoms with van der Waals surface area (Å²) in [6.07, 6.45) is 82.8. The average Bonchev–Trinajstić information content (AvgIpc) is 3.43. The molecule has 0 aliphatic rings. The van der Waals surface area contributed by atoms with E-state index in [4.69, 9.17) is 14.2 Å². The third kappa shape index (κ3) is 64.1. The number of hydrogen-bond acceptors (Lipinski definition) is 6. The Hall–Kier alpha value is -2.63. The van der Waals surface area contributed by atoms with E-state index in [1.165, 1.54) is 257 Å². The lowest BCUT2D eigenvalue weighted by molar-refractivity contribution is -0.167. The van der Waals surface area contributed by atoms with Gasteiger partial charge < -0.3 is 14.2 Å². The summed E-state index contributed by atoms with van der Waals surface area (Å²) >= 11 is 0. The molecule has 0 spiro atoms. The van der Waals surface area contributed by atoms with Crippen molar-refractivity contribution in [3.63, 3.8) is 0 Å². The first-order valence-electron chi connectivity index (χ1n) is 34.1. The van der Waals surface area contributed by atoms with Crippen LogP contribution in [-0.4, -0.2) is 37.2 Å². The van der Waals surface area contributed by atoms with Gasteiger partial charge in [-0.1, -0.05) is 313 Å². The molecule has 6 nitrogen and oxygen atoms in total. The fourth-order valence-electron chi connectivity index (χ4n) is 10.2. The molecule has 0 bridgehead atoms. The normalized spacial score (nSPS) is 12.3. The zero-order valence-electron chi connectivity index (χ0n) is 51.7. The first-order valence-corrected chi connectivity index (χ1v) is 34.1. The Morgan fingerprint density at radius 2 is 0.468 bits per heavy atom. The van der Waals surface area contributed by atoms with E-state index in [2.05, 4.69) is 69.4 Å². The second-order valence-electron chi connectivity index (χ2n) is 23.1. The van der Waals surface area contributed by atoms with Crippen LogP contribution in [0.15, 0.2) is 48.6 Å². The molecule has 77 heavy (non-hydrogen) atoms. The Kier molecular flexibility index (Phi) is 63.6. The first-order chi connectivity index (χ1) is 38.0. The second kappa shape index (κ2) is 65.9. The van der Waals surface area contributed by atoms with Gasteiger partial charge in [-0.15, -0.1) is 0 Å². The molecule has 0 N–H and O–H groups in total. The molecule has 0 saturated carbocycles. The highest BCUT2D eigenvalue weighted by atomic mass is 16.6. The highest BCUT2D eigenvalue weighted by Gasteiger charge is 2.19.